The zero-order chi connectivity index (χ0) is 37.9. The van der Waals surface area contributed by atoms with E-state index in [4.69, 9.17) is 48.8 Å². The third-order valence-electron chi connectivity index (χ3n) is 10.0. The van der Waals surface area contributed by atoms with Gasteiger partial charge in [-0.1, -0.05) is 142 Å². The molecule has 0 aromatic rings. The van der Waals surface area contributed by atoms with Crippen LogP contribution in [0.4, 0.5) is 0 Å². The predicted molar refractivity (Wildman–Crippen MR) is 198 cm³/mol. The summed E-state index contributed by atoms with van der Waals surface area (Å²) in [6.45, 7) is 4.46. The van der Waals surface area contributed by atoms with Gasteiger partial charge >= 0.3 is 7.82 Å². The molecule has 14 nitrogen and oxygen atoms in total. The Kier molecular flexibility index (Phi) is 32.2. The molecule has 0 aliphatic heterocycles. The fourth-order valence-electron chi connectivity index (χ4n) is 6.79. The van der Waals surface area contributed by atoms with Crippen LogP contribution in [0.2, 0.25) is 0 Å². The van der Waals surface area contributed by atoms with E-state index in [1.165, 1.54) is 77.0 Å². The van der Waals surface area contributed by atoms with Crippen LogP contribution < -0.4 is 0 Å². The molecule has 15 heteroatoms. The molecule has 2 atom stereocenters. The van der Waals surface area contributed by atoms with E-state index in [1.807, 2.05) is 0 Å². The second-order valence-electron chi connectivity index (χ2n) is 14.8. The van der Waals surface area contributed by atoms with E-state index < -0.39 is 7.82 Å². The van der Waals surface area contributed by atoms with Gasteiger partial charge < -0.3 is 4.89 Å². The Labute approximate surface area is 319 Å². The van der Waals surface area contributed by atoms with Crippen LogP contribution in [0, 0.1) is 0 Å². The minimum Gasteiger partial charge on any atom is -0.302 e. The summed E-state index contributed by atoms with van der Waals surface area (Å²) in [5.74, 6) is 0. The van der Waals surface area contributed by atoms with Crippen molar-refractivity contribution in [3.05, 3.63) is 0 Å². The normalized spacial score (nSPS) is 18.3. The molecular formula is C38H75O14P. The highest BCUT2D eigenvalue weighted by Crippen LogP contribution is 2.43. The molecule has 2 rings (SSSR count). The molecule has 0 amide bonds. The number of rotatable bonds is 38. The van der Waals surface area contributed by atoms with Gasteiger partial charge in [0, 0.05) is 0 Å². The molecule has 2 saturated carbocycles. The highest BCUT2D eigenvalue weighted by Gasteiger charge is 2.23. The Morgan fingerprint density at radius 3 is 1.23 bits per heavy atom. The molecule has 1 N–H and O–H groups in total. The minimum atomic E-state index is -4.25. The third-order valence-corrected chi connectivity index (χ3v) is 11.0. The number of phosphoric ester groups is 1. The average molecular weight is 787 g/mol. The number of unbranched alkanes of at least 4 members (excludes halogenated alkanes) is 12. The van der Waals surface area contributed by atoms with Gasteiger partial charge in [-0.15, -0.1) is 0 Å². The van der Waals surface area contributed by atoms with Crippen LogP contribution in [0.15, 0.2) is 0 Å². The molecule has 2 fully saturated rings. The maximum atomic E-state index is 12.6. The first-order valence-electron chi connectivity index (χ1n) is 21.3. The number of phosphoric acid groups is 1. The largest absolute Gasteiger partial charge is 0.472 e. The summed E-state index contributed by atoms with van der Waals surface area (Å²) < 4.78 is 23.1. The first-order chi connectivity index (χ1) is 26.0. The lowest BCUT2D eigenvalue weighted by Gasteiger charge is -2.19. The molecule has 0 radical (unpaired) electrons. The molecule has 2 unspecified atom stereocenters. The van der Waals surface area contributed by atoms with E-state index in [-0.39, 0.29) is 37.6 Å². The summed E-state index contributed by atoms with van der Waals surface area (Å²) in [6, 6.07) is 0. The molecule has 53 heavy (non-hydrogen) atoms. The lowest BCUT2D eigenvalue weighted by molar-refractivity contribution is -0.718. The van der Waals surface area contributed by atoms with Gasteiger partial charge in [-0.05, 0) is 94.4 Å². The summed E-state index contributed by atoms with van der Waals surface area (Å²) in [4.78, 5) is 31.6. The lowest BCUT2D eigenvalue weighted by atomic mass is 9.98. The van der Waals surface area contributed by atoms with Gasteiger partial charge in [0.25, 0.3) is 0 Å². The molecule has 2 aliphatic carbocycles. The zero-order valence-electron chi connectivity index (χ0n) is 33.1. The van der Waals surface area contributed by atoms with E-state index in [0.717, 1.165) is 89.9 Å². The van der Waals surface area contributed by atoms with Crippen LogP contribution in [-0.2, 0) is 63.4 Å². The fourth-order valence-corrected chi connectivity index (χ4v) is 7.58. The zero-order valence-corrected chi connectivity index (χ0v) is 34.0. The summed E-state index contributed by atoms with van der Waals surface area (Å²) in [5, 5.41) is 28.5. The van der Waals surface area contributed by atoms with Crippen LogP contribution >= 0.6 is 7.82 Å². The van der Waals surface area contributed by atoms with Crippen molar-refractivity contribution >= 4 is 7.82 Å². The Morgan fingerprint density at radius 2 is 0.830 bits per heavy atom. The van der Waals surface area contributed by atoms with E-state index in [9.17, 15) is 9.46 Å². The topological polar surface area (TPSA) is 148 Å². The van der Waals surface area contributed by atoms with Gasteiger partial charge in [0.1, 0.15) is 0 Å². The van der Waals surface area contributed by atoms with Crippen molar-refractivity contribution in [2.24, 2.45) is 0 Å². The maximum Gasteiger partial charge on any atom is 0.472 e. The quantitative estimate of drug-likeness (QED) is 0.0274. The Morgan fingerprint density at radius 1 is 0.472 bits per heavy atom. The second kappa shape index (κ2) is 34.9. The maximum absolute atomic E-state index is 12.6. The van der Waals surface area contributed by atoms with Crippen LogP contribution in [0.5, 0.6) is 0 Å². The van der Waals surface area contributed by atoms with Crippen LogP contribution in [-0.4, -0.2) is 42.5 Å². The average Bonchev–Trinajstić information content (AvgIpc) is 3.17. The van der Waals surface area contributed by atoms with Crippen molar-refractivity contribution in [3.8, 4) is 0 Å². The summed E-state index contributed by atoms with van der Waals surface area (Å²) >= 11 is 0. The van der Waals surface area contributed by atoms with Crippen molar-refractivity contribution in [1.29, 1.82) is 0 Å². The van der Waals surface area contributed by atoms with Crippen LogP contribution in [0.3, 0.4) is 0 Å². The van der Waals surface area contributed by atoms with Crippen molar-refractivity contribution < 1.29 is 68.3 Å². The van der Waals surface area contributed by atoms with Crippen molar-refractivity contribution in [2.45, 2.75) is 231 Å². The number of hydrogen-bond donors (Lipinski definition) is 1. The summed E-state index contributed by atoms with van der Waals surface area (Å²) in [7, 11) is -4.25. The van der Waals surface area contributed by atoms with Crippen LogP contribution in [0.25, 0.3) is 0 Å². The van der Waals surface area contributed by atoms with Crippen molar-refractivity contribution in [1.82, 2.24) is 0 Å². The molecule has 316 valence electrons. The standard InChI is InChI=1S/C38H75O14P/c1-3-5-7-9-11-13-17-25-37(45-49-51-47-43-35-27-19-15-20-28-35)31-23-33-41-53(39,40)42-34-24-32-38(26-18-14-12-10-8-6-4-2)46-50-52-48-44-36-29-21-16-22-30-36/h35-38H,3-34H2,1-2H3,(H,39,40). The molecule has 0 bridgehead atoms. The molecule has 0 aromatic carbocycles. The molecular weight excluding hydrogens is 711 g/mol. The van der Waals surface area contributed by atoms with E-state index in [2.05, 4.69) is 23.9 Å². The number of hydrogen-bond acceptors (Lipinski definition) is 13. The Balaban J connectivity index is 1.64. The van der Waals surface area contributed by atoms with Gasteiger partial charge in [-0.3, -0.25) is 9.05 Å². The van der Waals surface area contributed by atoms with Gasteiger partial charge in [0.2, 0.25) is 0 Å². The molecule has 0 saturated heterocycles. The smallest absolute Gasteiger partial charge is 0.302 e. The summed E-state index contributed by atoms with van der Waals surface area (Å²) in [6.07, 6.45) is 29.7. The SMILES string of the molecule is CCCCCCCCCC(CCCOP(=O)(O)OCCCC(CCCCCCCCC)OOOOOC1CCCCC1)OOOOOC1CCCCC1. The molecule has 2 aliphatic rings. The third kappa shape index (κ3) is 29.6. The highest BCUT2D eigenvalue weighted by atomic mass is 31.2. The van der Waals surface area contributed by atoms with Gasteiger partial charge in [-0.2, -0.15) is 0 Å². The highest BCUT2D eigenvalue weighted by molar-refractivity contribution is 7.47. The Bertz CT molecular complexity index is 769. The second-order valence-corrected chi connectivity index (χ2v) is 16.3. The van der Waals surface area contributed by atoms with Crippen molar-refractivity contribution in [2.75, 3.05) is 13.2 Å². The molecule has 0 heterocycles. The predicted octanol–water partition coefficient (Wildman–Crippen LogP) is 11.9. The fraction of sp³-hybridized carbons (Fsp3) is 1.00. The van der Waals surface area contributed by atoms with Gasteiger partial charge in [0.05, 0.1) is 37.6 Å². The minimum absolute atomic E-state index is 0.00578. The van der Waals surface area contributed by atoms with Crippen LogP contribution in [0.1, 0.15) is 206 Å². The van der Waals surface area contributed by atoms with Gasteiger partial charge in [0.15, 0.2) is 0 Å². The monoisotopic (exact) mass is 786 g/mol. The Hall–Kier alpha value is -0.290. The lowest BCUT2D eigenvalue weighted by Crippen LogP contribution is -2.19. The van der Waals surface area contributed by atoms with E-state index in [1.54, 1.807) is 0 Å². The molecule has 0 aromatic heterocycles. The summed E-state index contributed by atoms with van der Waals surface area (Å²) in [5.41, 5.74) is 0. The van der Waals surface area contributed by atoms with Crippen molar-refractivity contribution in [3.63, 3.8) is 0 Å². The van der Waals surface area contributed by atoms with E-state index >= 15 is 0 Å². The first-order valence-corrected chi connectivity index (χ1v) is 22.8. The molecule has 0 spiro atoms. The van der Waals surface area contributed by atoms with Gasteiger partial charge in [-0.25, -0.2) is 24.1 Å². The first kappa shape index (κ1) is 48.9. The van der Waals surface area contributed by atoms with E-state index in [0.29, 0.717) is 25.7 Å².